The molecular formula is C19H21N. The van der Waals surface area contributed by atoms with Gasteiger partial charge in [0.1, 0.15) is 0 Å². The summed E-state index contributed by atoms with van der Waals surface area (Å²) in [6.45, 7) is 1.16. The van der Waals surface area contributed by atoms with Gasteiger partial charge in [0.15, 0.2) is 0 Å². The van der Waals surface area contributed by atoms with Crippen LogP contribution in [-0.4, -0.2) is 6.54 Å². The van der Waals surface area contributed by atoms with Gasteiger partial charge in [-0.05, 0) is 54.0 Å². The number of fused-ring (bicyclic) bond motifs is 2. The second kappa shape index (κ2) is 5.06. The van der Waals surface area contributed by atoms with Crippen LogP contribution in [0.5, 0.6) is 0 Å². The van der Waals surface area contributed by atoms with Crippen LogP contribution >= 0.6 is 0 Å². The van der Waals surface area contributed by atoms with Crippen molar-refractivity contribution in [2.24, 2.45) is 5.92 Å². The summed E-state index contributed by atoms with van der Waals surface area (Å²) in [6, 6.07) is 18.2. The second-order valence-corrected chi connectivity index (χ2v) is 6.21. The summed E-state index contributed by atoms with van der Waals surface area (Å²) in [7, 11) is 0. The van der Waals surface area contributed by atoms with Crippen molar-refractivity contribution in [2.75, 3.05) is 6.54 Å². The first kappa shape index (κ1) is 12.2. The predicted octanol–water partition coefficient (Wildman–Crippen LogP) is 4.07. The highest BCUT2D eigenvalue weighted by Gasteiger charge is 2.26. The van der Waals surface area contributed by atoms with Crippen LogP contribution in [0.1, 0.15) is 47.6 Å². The molecule has 0 amide bonds. The Morgan fingerprint density at radius 2 is 1.45 bits per heavy atom. The van der Waals surface area contributed by atoms with E-state index >= 15 is 0 Å². The maximum atomic E-state index is 3.84. The standard InChI is InChI=1S/C19H21N/c1-3-10-17-15(8-1)12-16-9-2-4-11-18(16)19(17)20-13-14-6-5-7-14/h1-4,8-11,14,19-20H,5-7,12-13H2. The lowest BCUT2D eigenvalue weighted by atomic mass is 9.81. The molecule has 102 valence electrons. The lowest BCUT2D eigenvalue weighted by Crippen LogP contribution is -2.33. The summed E-state index contributed by atoms with van der Waals surface area (Å²) >= 11 is 0. The molecule has 0 unspecified atom stereocenters. The van der Waals surface area contributed by atoms with Crippen molar-refractivity contribution in [3.63, 3.8) is 0 Å². The van der Waals surface area contributed by atoms with Gasteiger partial charge in [0.05, 0.1) is 6.04 Å². The average molecular weight is 263 g/mol. The van der Waals surface area contributed by atoms with Gasteiger partial charge in [-0.3, -0.25) is 0 Å². The molecule has 1 N–H and O–H groups in total. The van der Waals surface area contributed by atoms with Crippen molar-refractivity contribution in [2.45, 2.75) is 31.7 Å². The van der Waals surface area contributed by atoms with Crippen LogP contribution in [0.15, 0.2) is 48.5 Å². The van der Waals surface area contributed by atoms with E-state index in [0.717, 1.165) is 18.9 Å². The Morgan fingerprint density at radius 3 is 2.00 bits per heavy atom. The average Bonchev–Trinajstić information content (AvgIpc) is 2.45. The van der Waals surface area contributed by atoms with Crippen LogP contribution in [0, 0.1) is 5.92 Å². The molecule has 0 saturated heterocycles. The summed E-state index contributed by atoms with van der Waals surface area (Å²) < 4.78 is 0. The summed E-state index contributed by atoms with van der Waals surface area (Å²) in [4.78, 5) is 0. The van der Waals surface area contributed by atoms with Crippen molar-refractivity contribution in [1.29, 1.82) is 0 Å². The topological polar surface area (TPSA) is 12.0 Å². The molecule has 1 nitrogen and oxygen atoms in total. The molecule has 0 spiro atoms. The minimum absolute atomic E-state index is 0.386. The first-order chi connectivity index (χ1) is 9.92. The fraction of sp³-hybridized carbons (Fsp3) is 0.368. The zero-order valence-electron chi connectivity index (χ0n) is 11.8. The molecule has 0 radical (unpaired) electrons. The molecule has 2 aliphatic rings. The van der Waals surface area contributed by atoms with Gasteiger partial charge >= 0.3 is 0 Å². The summed E-state index contributed by atoms with van der Waals surface area (Å²) in [5, 5.41) is 3.84. The first-order valence-corrected chi connectivity index (χ1v) is 7.81. The summed E-state index contributed by atoms with van der Waals surface area (Å²) in [6.07, 6.45) is 5.31. The SMILES string of the molecule is c1ccc2c(c1)Cc1ccccc1C2NCC1CCC1. The Kier molecular flexibility index (Phi) is 3.08. The van der Waals surface area contributed by atoms with Crippen molar-refractivity contribution < 1.29 is 0 Å². The number of benzene rings is 2. The Labute approximate surface area is 121 Å². The maximum absolute atomic E-state index is 3.84. The normalized spacial score (nSPS) is 18.2. The maximum Gasteiger partial charge on any atom is 0.0582 e. The Bertz CT molecular complexity index is 567. The zero-order valence-corrected chi connectivity index (χ0v) is 11.8. The quantitative estimate of drug-likeness (QED) is 0.880. The van der Waals surface area contributed by atoms with Crippen molar-refractivity contribution >= 4 is 0 Å². The minimum atomic E-state index is 0.386. The Hall–Kier alpha value is -1.60. The van der Waals surface area contributed by atoms with E-state index in [0.29, 0.717) is 6.04 Å². The zero-order chi connectivity index (χ0) is 13.4. The third-order valence-corrected chi connectivity index (χ3v) is 4.95. The van der Waals surface area contributed by atoms with E-state index in [-0.39, 0.29) is 0 Å². The molecule has 1 saturated carbocycles. The number of nitrogens with one attached hydrogen (secondary N) is 1. The molecule has 2 aromatic carbocycles. The van der Waals surface area contributed by atoms with Crippen LogP contribution in [-0.2, 0) is 6.42 Å². The van der Waals surface area contributed by atoms with Gasteiger partial charge in [0, 0.05) is 0 Å². The van der Waals surface area contributed by atoms with Gasteiger partial charge in [0.25, 0.3) is 0 Å². The van der Waals surface area contributed by atoms with Crippen LogP contribution in [0.25, 0.3) is 0 Å². The molecule has 0 heterocycles. The van der Waals surface area contributed by atoms with Crippen LogP contribution in [0.2, 0.25) is 0 Å². The van der Waals surface area contributed by atoms with Crippen LogP contribution in [0.3, 0.4) is 0 Å². The smallest absolute Gasteiger partial charge is 0.0582 e. The second-order valence-electron chi connectivity index (χ2n) is 6.21. The van der Waals surface area contributed by atoms with Gasteiger partial charge in [0.2, 0.25) is 0 Å². The van der Waals surface area contributed by atoms with E-state index in [4.69, 9.17) is 0 Å². The summed E-state index contributed by atoms with van der Waals surface area (Å²) in [5.74, 6) is 0.899. The van der Waals surface area contributed by atoms with E-state index < -0.39 is 0 Å². The minimum Gasteiger partial charge on any atom is -0.306 e. The van der Waals surface area contributed by atoms with Crippen LogP contribution < -0.4 is 5.32 Å². The van der Waals surface area contributed by atoms with Crippen molar-refractivity contribution in [1.82, 2.24) is 5.32 Å². The van der Waals surface area contributed by atoms with Gasteiger partial charge in [-0.25, -0.2) is 0 Å². The Balaban J connectivity index is 1.68. The lowest BCUT2D eigenvalue weighted by molar-refractivity contribution is 0.294. The molecule has 0 atom stereocenters. The van der Waals surface area contributed by atoms with E-state index in [1.807, 2.05) is 0 Å². The van der Waals surface area contributed by atoms with Gasteiger partial charge < -0.3 is 5.32 Å². The highest BCUT2D eigenvalue weighted by Crippen LogP contribution is 2.35. The molecule has 2 aromatic rings. The monoisotopic (exact) mass is 263 g/mol. The Morgan fingerprint density at radius 1 is 0.850 bits per heavy atom. The van der Waals surface area contributed by atoms with E-state index in [1.54, 1.807) is 0 Å². The molecule has 0 aliphatic heterocycles. The van der Waals surface area contributed by atoms with Crippen LogP contribution in [0.4, 0.5) is 0 Å². The molecule has 0 bridgehead atoms. The predicted molar refractivity (Wildman–Crippen MR) is 82.9 cm³/mol. The lowest BCUT2D eigenvalue weighted by Gasteiger charge is -2.33. The first-order valence-electron chi connectivity index (χ1n) is 7.81. The fourth-order valence-electron chi connectivity index (χ4n) is 3.53. The highest BCUT2D eigenvalue weighted by atomic mass is 14.9. The molecular weight excluding hydrogens is 242 g/mol. The highest BCUT2D eigenvalue weighted by molar-refractivity contribution is 5.48. The molecule has 20 heavy (non-hydrogen) atoms. The molecule has 4 rings (SSSR count). The molecule has 1 fully saturated rings. The van der Waals surface area contributed by atoms with E-state index in [9.17, 15) is 0 Å². The van der Waals surface area contributed by atoms with E-state index in [2.05, 4.69) is 53.8 Å². The van der Waals surface area contributed by atoms with Crippen molar-refractivity contribution in [3.05, 3.63) is 70.8 Å². The van der Waals surface area contributed by atoms with Crippen molar-refractivity contribution in [3.8, 4) is 0 Å². The van der Waals surface area contributed by atoms with E-state index in [1.165, 1.54) is 41.5 Å². The third kappa shape index (κ3) is 2.06. The van der Waals surface area contributed by atoms with Gasteiger partial charge in [-0.15, -0.1) is 0 Å². The summed E-state index contributed by atoms with van der Waals surface area (Å²) in [5.41, 5.74) is 5.92. The largest absolute Gasteiger partial charge is 0.306 e. The van der Waals surface area contributed by atoms with Gasteiger partial charge in [-0.2, -0.15) is 0 Å². The third-order valence-electron chi connectivity index (χ3n) is 4.95. The fourth-order valence-corrected chi connectivity index (χ4v) is 3.53. The van der Waals surface area contributed by atoms with Gasteiger partial charge in [-0.1, -0.05) is 55.0 Å². The number of rotatable bonds is 3. The number of hydrogen-bond donors (Lipinski definition) is 1. The molecule has 1 heteroatoms. The molecule has 0 aromatic heterocycles. The molecule has 2 aliphatic carbocycles. The number of hydrogen-bond acceptors (Lipinski definition) is 1.